The highest BCUT2D eigenvalue weighted by Gasteiger charge is 2.59. The number of esters is 1. The molecule has 32 heavy (non-hydrogen) atoms. The molecule has 2 aliphatic heterocycles. The van der Waals surface area contributed by atoms with Gasteiger partial charge in [-0.25, -0.2) is 0 Å². The van der Waals surface area contributed by atoms with E-state index in [-0.39, 0.29) is 41.0 Å². The van der Waals surface area contributed by atoms with Gasteiger partial charge in [0, 0.05) is 35.8 Å². The maximum Gasteiger partial charge on any atom is 0.311 e. The molecular weight excluding hydrogens is 402 g/mol. The van der Waals surface area contributed by atoms with Crippen molar-refractivity contribution < 1.29 is 19.4 Å². The molecule has 0 bridgehead atoms. The number of aliphatic hydroxyl groups is 1. The van der Waals surface area contributed by atoms with Gasteiger partial charge in [0.05, 0.1) is 12.0 Å². The van der Waals surface area contributed by atoms with Crippen LogP contribution in [-0.4, -0.2) is 53.6 Å². The summed E-state index contributed by atoms with van der Waals surface area (Å²) in [6.07, 6.45) is 6.02. The Balaban J connectivity index is 1.25. The Morgan fingerprint density at radius 2 is 1.91 bits per heavy atom. The maximum atomic E-state index is 12.9. The molecule has 172 valence electrons. The molecule has 2 aliphatic carbocycles. The fourth-order valence-electron chi connectivity index (χ4n) is 6.77. The zero-order valence-corrected chi connectivity index (χ0v) is 19.2. The number of ether oxygens (including phenoxy) is 1. The second-order valence-corrected chi connectivity index (χ2v) is 10.6. The number of allylic oxidation sites excluding steroid dienone is 1. The highest BCUT2D eigenvalue weighted by Crippen LogP contribution is 2.56. The van der Waals surface area contributed by atoms with Crippen molar-refractivity contribution in [3.63, 3.8) is 0 Å². The van der Waals surface area contributed by atoms with Crippen LogP contribution in [0.4, 0.5) is 0 Å². The molecular formula is C27H35NO4. The lowest BCUT2D eigenvalue weighted by Gasteiger charge is -2.52. The van der Waals surface area contributed by atoms with Crippen molar-refractivity contribution in [1.82, 2.24) is 4.90 Å². The van der Waals surface area contributed by atoms with E-state index in [0.717, 1.165) is 50.8 Å². The average Bonchev–Trinajstić information content (AvgIpc) is 3.11. The van der Waals surface area contributed by atoms with Crippen LogP contribution in [-0.2, 0) is 9.53 Å². The number of nitrogens with zero attached hydrogens (tertiary/aromatic N) is 1. The highest BCUT2D eigenvalue weighted by molar-refractivity contribution is 5.97. The van der Waals surface area contributed by atoms with Gasteiger partial charge in [-0.05, 0) is 44.7 Å². The van der Waals surface area contributed by atoms with Crippen molar-refractivity contribution in [2.75, 3.05) is 19.6 Å². The van der Waals surface area contributed by atoms with E-state index < -0.39 is 6.10 Å². The molecule has 4 aliphatic rings. The van der Waals surface area contributed by atoms with Crippen LogP contribution in [0.5, 0.6) is 0 Å². The van der Waals surface area contributed by atoms with Crippen LogP contribution in [0.2, 0.25) is 0 Å². The molecule has 1 aromatic rings. The van der Waals surface area contributed by atoms with Gasteiger partial charge in [-0.1, -0.05) is 55.8 Å². The summed E-state index contributed by atoms with van der Waals surface area (Å²) in [6.45, 7) is 6.65. The number of fused-ring (bicyclic) bond motifs is 2. The summed E-state index contributed by atoms with van der Waals surface area (Å²) < 4.78 is 5.82. The molecule has 0 unspecified atom stereocenters. The molecule has 2 saturated heterocycles. The van der Waals surface area contributed by atoms with E-state index in [9.17, 15) is 14.7 Å². The van der Waals surface area contributed by atoms with Crippen LogP contribution in [0.25, 0.3) is 0 Å². The van der Waals surface area contributed by atoms with Gasteiger partial charge in [0.15, 0.2) is 5.78 Å². The standard InChI is InChI=1S/C27H35NO4/c1-17-7-6-10-20-15-22-23(25(30)27(17,20)2)21(26(31)32-22)16-28-13-11-19(12-14-28)24(29)18-8-4-3-5-9-18/h3-5,8-10,17,19,21-23,25,30H,6-7,11-16H2,1-2H3/t17-,21-,22-,23+,25+,27-/m1/s1. The second kappa shape index (κ2) is 8.42. The lowest BCUT2D eigenvalue weighted by atomic mass is 9.55. The normalized spacial score (nSPS) is 37.9. The number of benzene rings is 1. The van der Waals surface area contributed by atoms with Crippen LogP contribution in [0, 0.1) is 29.1 Å². The maximum absolute atomic E-state index is 12.9. The minimum absolute atomic E-state index is 0.0480. The van der Waals surface area contributed by atoms with Crippen LogP contribution in [0.1, 0.15) is 56.3 Å². The predicted octanol–water partition coefficient (Wildman–Crippen LogP) is 3.87. The van der Waals surface area contributed by atoms with Crippen molar-refractivity contribution in [2.24, 2.45) is 29.1 Å². The molecule has 5 rings (SSSR count). The highest BCUT2D eigenvalue weighted by atomic mass is 16.6. The number of piperidine rings is 1. The Morgan fingerprint density at radius 3 is 2.62 bits per heavy atom. The van der Waals surface area contributed by atoms with E-state index in [0.29, 0.717) is 12.5 Å². The first-order chi connectivity index (χ1) is 15.4. The van der Waals surface area contributed by atoms with Gasteiger partial charge >= 0.3 is 5.97 Å². The summed E-state index contributed by atoms with van der Waals surface area (Å²) >= 11 is 0. The van der Waals surface area contributed by atoms with Gasteiger partial charge in [-0.15, -0.1) is 0 Å². The molecule has 0 amide bonds. The van der Waals surface area contributed by atoms with Gasteiger partial charge in [-0.3, -0.25) is 9.59 Å². The lowest BCUT2D eigenvalue weighted by molar-refractivity contribution is -0.145. The van der Waals surface area contributed by atoms with E-state index in [1.807, 2.05) is 30.3 Å². The van der Waals surface area contributed by atoms with Crippen LogP contribution < -0.4 is 0 Å². The number of aliphatic hydroxyl groups excluding tert-OH is 1. The van der Waals surface area contributed by atoms with E-state index in [2.05, 4.69) is 24.8 Å². The molecule has 1 N–H and O–H groups in total. The van der Waals surface area contributed by atoms with Crippen LogP contribution in [0.3, 0.4) is 0 Å². The first-order valence-electron chi connectivity index (χ1n) is 12.3. The number of hydrogen-bond acceptors (Lipinski definition) is 5. The summed E-state index contributed by atoms with van der Waals surface area (Å²) in [7, 11) is 0. The van der Waals surface area contributed by atoms with E-state index in [1.54, 1.807) is 0 Å². The molecule has 5 nitrogen and oxygen atoms in total. The summed E-state index contributed by atoms with van der Waals surface area (Å²) in [4.78, 5) is 28.0. The average molecular weight is 438 g/mol. The monoisotopic (exact) mass is 437 g/mol. The fraction of sp³-hybridized carbons (Fsp3) is 0.630. The molecule has 6 atom stereocenters. The van der Waals surface area contributed by atoms with Gasteiger partial charge < -0.3 is 14.7 Å². The van der Waals surface area contributed by atoms with Crippen molar-refractivity contribution >= 4 is 11.8 Å². The fourth-order valence-corrected chi connectivity index (χ4v) is 6.77. The van der Waals surface area contributed by atoms with E-state index in [1.165, 1.54) is 5.57 Å². The molecule has 0 spiro atoms. The van der Waals surface area contributed by atoms with Crippen molar-refractivity contribution in [3.8, 4) is 0 Å². The van der Waals surface area contributed by atoms with Crippen molar-refractivity contribution in [2.45, 2.75) is 58.2 Å². The Morgan fingerprint density at radius 1 is 1.19 bits per heavy atom. The minimum Gasteiger partial charge on any atom is -0.461 e. The number of likely N-dealkylation sites (tertiary alicyclic amines) is 1. The third kappa shape index (κ3) is 3.54. The van der Waals surface area contributed by atoms with Crippen LogP contribution in [0.15, 0.2) is 42.0 Å². The zero-order chi connectivity index (χ0) is 22.5. The Kier molecular flexibility index (Phi) is 5.75. The van der Waals surface area contributed by atoms with Gasteiger partial charge in [0.1, 0.15) is 6.10 Å². The largest absolute Gasteiger partial charge is 0.461 e. The topological polar surface area (TPSA) is 66.8 Å². The third-order valence-electron chi connectivity index (χ3n) is 9.04. The summed E-state index contributed by atoms with van der Waals surface area (Å²) in [5.41, 5.74) is 1.80. The first kappa shape index (κ1) is 21.8. The summed E-state index contributed by atoms with van der Waals surface area (Å²) in [5, 5.41) is 11.5. The lowest BCUT2D eigenvalue weighted by Crippen LogP contribution is -2.55. The number of ketones is 1. The molecule has 0 radical (unpaired) electrons. The van der Waals surface area contributed by atoms with E-state index in [4.69, 9.17) is 4.74 Å². The number of hydrogen-bond donors (Lipinski definition) is 1. The number of carbonyl (C=O) groups is 2. The number of Topliss-reactive ketones (excluding diaryl/α,β-unsaturated/α-hetero) is 1. The Bertz CT molecular complexity index is 903. The Labute approximate surface area is 190 Å². The SMILES string of the molecule is C[C@@H]1CCC=C2C[C@H]3OC(=O)[C@H](CN4CCC(C(=O)c5ccccc5)CC4)[C@@H]3[C@H](O)[C@@]21C. The predicted molar refractivity (Wildman–Crippen MR) is 122 cm³/mol. The van der Waals surface area contributed by atoms with E-state index >= 15 is 0 Å². The smallest absolute Gasteiger partial charge is 0.311 e. The molecule has 2 heterocycles. The van der Waals surface area contributed by atoms with Gasteiger partial charge in [0.2, 0.25) is 0 Å². The molecule has 3 fully saturated rings. The second-order valence-electron chi connectivity index (χ2n) is 10.6. The minimum atomic E-state index is -0.559. The number of rotatable bonds is 4. The Hall–Kier alpha value is -1.98. The molecule has 1 aromatic carbocycles. The molecule has 1 saturated carbocycles. The molecule has 5 heteroatoms. The molecule has 0 aromatic heterocycles. The quantitative estimate of drug-likeness (QED) is 0.440. The summed E-state index contributed by atoms with van der Waals surface area (Å²) in [6, 6.07) is 9.54. The van der Waals surface area contributed by atoms with Crippen LogP contribution >= 0.6 is 0 Å². The number of carbonyl (C=O) groups excluding carboxylic acids is 2. The van der Waals surface area contributed by atoms with Crippen molar-refractivity contribution in [1.29, 1.82) is 0 Å². The van der Waals surface area contributed by atoms with Gasteiger partial charge in [0.25, 0.3) is 0 Å². The van der Waals surface area contributed by atoms with Gasteiger partial charge in [-0.2, -0.15) is 0 Å². The first-order valence-corrected chi connectivity index (χ1v) is 12.3. The van der Waals surface area contributed by atoms with Crippen molar-refractivity contribution in [3.05, 3.63) is 47.5 Å². The summed E-state index contributed by atoms with van der Waals surface area (Å²) in [5.74, 6) is 0.0862. The third-order valence-corrected chi connectivity index (χ3v) is 9.04. The zero-order valence-electron chi connectivity index (χ0n) is 19.2.